The van der Waals surface area contributed by atoms with Crippen LogP contribution >= 0.6 is 12.4 Å². The van der Waals surface area contributed by atoms with Crippen LogP contribution in [0.3, 0.4) is 0 Å². The molecule has 0 saturated heterocycles. The summed E-state index contributed by atoms with van der Waals surface area (Å²) in [6.45, 7) is 2.99. The van der Waals surface area contributed by atoms with Crippen molar-refractivity contribution in [2.24, 2.45) is 0 Å². The van der Waals surface area contributed by atoms with Crippen molar-refractivity contribution in [2.75, 3.05) is 18.9 Å². The highest BCUT2D eigenvalue weighted by molar-refractivity contribution is 6.06. The van der Waals surface area contributed by atoms with Gasteiger partial charge in [0.1, 0.15) is 11.9 Å². The lowest BCUT2D eigenvalue weighted by Gasteiger charge is -2.20. The highest BCUT2D eigenvalue weighted by Gasteiger charge is 2.52. The number of allylic oxidation sites excluding steroid dienone is 1. The van der Waals surface area contributed by atoms with Gasteiger partial charge in [0.05, 0.1) is 22.7 Å². The molecule has 4 heterocycles. The molecule has 0 bridgehead atoms. The minimum absolute atomic E-state index is 0. The maximum atomic E-state index is 13.4. The zero-order valence-corrected chi connectivity index (χ0v) is 28.1. The fourth-order valence-corrected chi connectivity index (χ4v) is 6.81. The fraction of sp³-hybridized carbons (Fsp3) is 0.389. The van der Waals surface area contributed by atoms with E-state index in [1.807, 2.05) is 32.2 Å². The van der Waals surface area contributed by atoms with E-state index >= 15 is 0 Å². The van der Waals surface area contributed by atoms with Crippen molar-refractivity contribution < 1.29 is 19.5 Å². The second-order valence-electron chi connectivity index (χ2n) is 12.8. The number of carbonyl (C=O) groups excluding carboxylic acids is 2. The Balaban J connectivity index is 0.00000451. The van der Waals surface area contributed by atoms with Crippen LogP contribution in [0.25, 0.3) is 17.0 Å². The molecule has 4 aromatic rings. The number of carbonyl (C=O) groups is 3. The van der Waals surface area contributed by atoms with E-state index in [-0.39, 0.29) is 30.3 Å². The Hall–Kier alpha value is -4.61. The summed E-state index contributed by atoms with van der Waals surface area (Å²) in [5.74, 6) is -1.22. The molecule has 1 aliphatic heterocycles. The number of carboxylic acid groups (broad SMARTS) is 1. The first-order valence-electron chi connectivity index (χ1n) is 16.3. The van der Waals surface area contributed by atoms with Crippen LogP contribution in [-0.2, 0) is 34.3 Å². The Morgan fingerprint density at radius 1 is 1.04 bits per heavy atom. The summed E-state index contributed by atoms with van der Waals surface area (Å²) in [5.41, 5.74) is 5.35. The van der Waals surface area contributed by atoms with E-state index in [1.165, 1.54) is 31.9 Å². The molecule has 12 heteroatoms. The number of aliphatic carboxylic acids is 1. The van der Waals surface area contributed by atoms with E-state index in [1.54, 1.807) is 18.5 Å². The predicted octanol–water partition coefficient (Wildman–Crippen LogP) is 5.07. The minimum Gasteiger partial charge on any atom is -0.480 e. The van der Waals surface area contributed by atoms with E-state index in [9.17, 15) is 19.5 Å². The smallest absolute Gasteiger partial charge is 0.326 e. The van der Waals surface area contributed by atoms with E-state index in [0.29, 0.717) is 18.7 Å². The Morgan fingerprint density at radius 2 is 1.85 bits per heavy atom. The minimum atomic E-state index is -1.14. The number of hydrogen-bond acceptors (Lipinski definition) is 7. The number of aromatic amines is 1. The third-order valence-electron chi connectivity index (χ3n) is 9.33. The molecule has 1 aliphatic carbocycles. The predicted molar refractivity (Wildman–Crippen MR) is 188 cm³/mol. The summed E-state index contributed by atoms with van der Waals surface area (Å²) in [4.78, 5) is 48.0. The number of aryl methyl sites for hydroxylation is 1. The average Bonchev–Trinajstić information content (AvgIpc) is 3.75. The van der Waals surface area contributed by atoms with Crippen molar-refractivity contribution in [2.45, 2.75) is 76.2 Å². The first-order chi connectivity index (χ1) is 22.8. The number of benzene rings is 1. The number of fused-ring (bicyclic) bond motifs is 4. The van der Waals surface area contributed by atoms with Crippen LogP contribution in [-0.4, -0.2) is 62.7 Å². The third-order valence-corrected chi connectivity index (χ3v) is 9.33. The monoisotopic (exact) mass is 671 g/mol. The van der Waals surface area contributed by atoms with Crippen molar-refractivity contribution in [3.63, 3.8) is 0 Å². The number of unbranched alkanes of at least 4 members (excludes halogenated alkanes) is 5. The summed E-state index contributed by atoms with van der Waals surface area (Å²) in [6.07, 6.45) is 17.1. The zero-order valence-electron chi connectivity index (χ0n) is 27.3. The van der Waals surface area contributed by atoms with Gasteiger partial charge >= 0.3 is 5.97 Å². The van der Waals surface area contributed by atoms with Gasteiger partial charge < -0.3 is 21.1 Å². The Morgan fingerprint density at radius 3 is 2.67 bits per heavy atom. The first kappa shape index (κ1) is 34.7. The van der Waals surface area contributed by atoms with Gasteiger partial charge in [0, 0.05) is 41.9 Å². The quantitative estimate of drug-likeness (QED) is 0.116. The summed E-state index contributed by atoms with van der Waals surface area (Å²) < 4.78 is 0. The lowest BCUT2D eigenvalue weighted by molar-refractivity contribution is -0.139. The van der Waals surface area contributed by atoms with Gasteiger partial charge in [0.2, 0.25) is 5.91 Å². The maximum absolute atomic E-state index is 13.4. The van der Waals surface area contributed by atoms with Crippen LogP contribution in [0.4, 0.5) is 5.82 Å². The molecule has 6 rings (SSSR count). The number of H-pyrrole nitrogens is 1. The van der Waals surface area contributed by atoms with Gasteiger partial charge in [0.25, 0.3) is 5.91 Å². The van der Waals surface area contributed by atoms with Gasteiger partial charge in [-0.1, -0.05) is 37.5 Å². The molecule has 2 aliphatic rings. The molecule has 1 aromatic carbocycles. The van der Waals surface area contributed by atoms with Crippen molar-refractivity contribution in [1.82, 2.24) is 30.8 Å². The number of hydrogen-bond donors (Lipinski definition) is 5. The van der Waals surface area contributed by atoms with Crippen LogP contribution in [0.5, 0.6) is 0 Å². The number of anilines is 1. The third kappa shape index (κ3) is 7.27. The molecule has 1 unspecified atom stereocenters. The molecule has 0 fully saturated rings. The molecule has 1 spiro atoms. The summed E-state index contributed by atoms with van der Waals surface area (Å²) in [5, 5.41) is 26.6. The molecule has 2 atom stereocenters. The first-order valence-corrected chi connectivity index (χ1v) is 16.3. The van der Waals surface area contributed by atoms with Crippen LogP contribution in [0.15, 0.2) is 48.9 Å². The summed E-state index contributed by atoms with van der Waals surface area (Å²) in [6, 6.07) is 6.40. The van der Waals surface area contributed by atoms with Crippen LogP contribution in [0.1, 0.15) is 82.4 Å². The molecule has 3 aromatic heterocycles. The number of halogens is 1. The zero-order chi connectivity index (χ0) is 33.0. The summed E-state index contributed by atoms with van der Waals surface area (Å²) >= 11 is 0. The largest absolute Gasteiger partial charge is 0.480 e. The highest BCUT2D eigenvalue weighted by Crippen LogP contribution is 2.46. The normalized spacial score (nSPS) is 16.9. The molecule has 48 heavy (non-hydrogen) atoms. The van der Waals surface area contributed by atoms with E-state index in [4.69, 9.17) is 0 Å². The number of pyridine rings is 2. The molecule has 5 N–H and O–H groups in total. The Kier molecular flexibility index (Phi) is 10.9. The van der Waals surface area contributed by atoms with E-state index in [2.05, 4.69) is 48.3 Å². The Bertz CT molecular complexity index is 1860. The van der Waals surface area contributed by atoms with Crippen molar-refractivity contribution in [3.8, 4) is 0 Å². The van der Waals surface area contributed by atoms with Crippen molar-refractivity contribution in [1.29, 1.82) is 0 Å². The number of nitrogens with one attached hydrogen (secondary N) is 4. The molecule has 0 radical (unpaired) electrons. The molecule has 0 saturated carbocycles. The highest BCUT2D eigenvalue weighted by atomic mass is 35.5. The standard InChI is InChI=1S/C36H41N7O4.ClH/c1-22-12-24(13-26-21-40-43-31(22)26)15-29(34(45)46)41-33(44)27-16-25-17-36(18-30(25)38-20-27)28-14-23(19-39-32(28)42-35(36)47)10-8-6-4-3-5-7-9-11-37-2;/h8,10,12-14,16,19-21,29,37H,3-7,9,11,15,17-18H2,1-2H3,(H,40,43)(H,41,44)(H,45,46)(H,39,42,47);1H/b10-8+;/t29?,36-;/m0./s1. The van der Waals surface area contributed by atoms with Crippen LogP contribution in [0.2, 0.25) is 0 Å². The van der Waals surface area contributed by atoms with Crippen molar-refractivity contribution in [3.05, 3.63) is 88.0 Å². The topological polar surface area (TPSA) is 162 Å². The summed E-state index contributed by atoms with van der Waals surface area (Å²) in [7, 11) is 1.99. The maximum Gasteiger partial charge on any atom is 0.326 e. The fourth-order valence-electron chi connectivity index (χ4n) is 6.81. The number of aromatic nitrogens is 4. The number of amides is 2. The van der Waals surface area contributed by atoms with E-state index in [0.717, 1.165) is 63.8 Å². The average molecular weight is 672 g/mol. The number of rotatable bonds is 14. The van der Waals surface area contributed by atoms with Gasteiger partial charge in [-0.2, -0.15) is 5.10 Å². The van der Waals surface area contributed by atoms with Crippen molar-refractivity contribution >= 4 is 53.0 Å². The SMILES string of the molecule is CNCCCCCCC/C=C/c1cnc2c(c1)[C@@]1(Cc3cc(C(=O)NC(Cc4cc(C)c5[nH]ncc5c4)C(=O)O)cnc3C1)C(=O)N2.Cl. The second-order valence-corrected chi connectivity index (χ2v) is 12.8. The van der Waals surface area contributed by atoms with Gasteiger partial charge in [-0.25, -0.2) is 9.78 Å². The van der Waals surface area contributed by atoms with Crippen LogP contribution < -0.4 is 16.0 Å². The lowest BCUT2D eigenvalue weighted by atomic mass is 9.79. The number of carboxylic acids is 1. The lowest BCUT2D eigenvalue weighted by Crippen LogP contribution is -2.42. The van der Waals surface area contributed by atoms with Gasteiger partial charge in [-0.05, 0) is 86.7 Å². The molecular formula is C36H42ClN7O4. The Labute approximate surface area is 285 Å². The van der Waals surface area contributed by atoms with Gasteiger partial charge in [-0.15, -0.1) is 12.4 Å². The molecule has 252 valence electrons. The van der Waals surface area contributed by atoms with Crippen LogP contribution in [0, 0.1) is 6.92 Å². The van der Waals surface area contributed by atoms with Gasteiger partial charge in [-0.3, -0.25) is 19.7 Å². The van der Waals surface area contributed by atoms with E-state index < -0.39 is 23.3 Å². The second kappa shape index (κ2) is 15.1. The molecule has 2 amide bonds. The molecule has 11 nitrogen and oxygen atoms in total. The van der Waals surface area contributed by atoms with Gasteiger partial charge in [0.15, 0.2) is 0 Å². The molecular weight excluding hydrogens is 630 g/mol. The number of nitrogens with zero attached hydrogens (tertiary/aromatic N) is 3.